The zero-order valence-corrected chi connectivity index (χ0v) is 8.82. The zero-order chi connectivity index (χ0) is 11.4. The molecule has 0 aromatic carbocycles. The number of amides is 1. The van der Waals surface area contributed by atoms with Crippen molar-refractivity contribution in [2.24, 2.45) is 0 Å². The molecule has 0 bridgehead atoms. The van der Waals surface area contributed by atoms with Crippen molar-refractivity contribution < 1.29 is 19.4 Å². The van der Waals surface area contributed by atoms with Gasteiger partial charge in [0.1, 0.15) is 0 Å². The van der Waals surface area contributed by atoms with Crippen LogP contribution in [-0.2, 0) is 14.3 Å². The molecule has 2 unspecified atom stereocenters. The predicted octanol–water partition coefficient (Wildman–Crippen LogP) is -0.255. The third-order valence-corrected chi connectivity index (χ3v) is 2.06. The molecule has 1 aliphatic heterocycles. The smallest absolute Gasteiger partial charge is 0.334 e. The van der Waals surface area contributed by atoms with Crippen LogP contribution in [0.1, 0.15) is 20.3 Å². The molecule has 0 aliphatic carbocycles. The molecule has 1 rings (SSSR count). The van der Waals surface area contributed by atoms with Gasteiger partial charge < -0.3 is 15.2 Å². The van der Waals surface area contributed by atoms with E-state index in [-0.39, 0.29) is 5.91 Å². The Morgan fingerprint density at radius 1 is 1.73 bits per heavy atom. The van der Waals surface area contributed by atoms with Gasteiger partial charge in [-0.25, -0.2) is 4.79 Å². The van der Waals surface area contributed by atoms with Gasteiger partial charge >= 0.3 is 5.97 Å². The van der Waals surface area contributed by atoms with Gasteiger partial charge in [0.25, 0.3) is 5.91 Å². The number of rotatable bonds is 3. The number of carbonyl (C=O) groups is 2. The van der Waals surface area contributed by atoms with Gasteiger partial charge in [-0.3, -0.25) is 4.79 Å². The maximum atomic E-state index is 11.4. The Hall–Kier alpha value is -1.36. The van der Waals surface area contributed by atoms with Crippen molar-refractivity contribution in [3.05, 3.63) is 11.6 Å². The van der Waals surface area contributed by atoms with Crippen LogP contribution in [-0.4, -0.2) is 35.7 Å². The number of aliphatic hydroxyl groups is 1. The summed E-state index contributed by atoms with van der Waals surface area (Å²) in [5, 5.41) is 11.6. The first kappa shape index (κ1) is 11.7. The summed E-state index contributed by atoms with van der Waals surface area (Å²) in [6.07, 6.45) is 0.506. The lowest BCUT2D eigenvalue weighted by Crippen LogP contribution is -2.28. The van der Waals surface area contributed by atoms with Crippen LogP contribution in [0.3, 0.4) is 0 Å². The van der Waals surface area contributed by atoms with Gasteiger partial charge in [-0.05, 0) is 19.9 Å². The summed E-state index contributed by atoms with van der Waals surface area (Å²) in [4.78, 5) is 22.5. The minimum atomic E-state index is -0.699. The molecule has 5 nitrogen and oxygen atoms in total. The molecule has 2 atom stereocenters. The molecule has 1 amide bonds. The summed E-state index contributed by atoms with van der Waals surface area (Å²) in [5.41, 5.74) is 0.310. The molecule has 0 spiro atoms. The average Bonchev–Trinajstić information content (AvgIpc) is 2.50. The Balaban J connectivity index is 2.51. The molecule has 1 aliphatic rings. The highest BCUT2D eigenvalue weighted by molar-refractivity contribution is 5.91. The Bertz CT molecular complexity index is 296. The molecule has 1 saturated heterocycles. The fraction of sp³-hybridized carbons (Fsp3) is 0.600. The van der Waals surface area contributed by atoms with Crippen molar-refractivity contribution in [2.75, 3.05) is 6.54 Å². The highest BCUT2D eigenvalue weighted by atomic mass is 16.5. The van der Waals surface area contributed by atoms with Gasteiger partial charge in [0.2, 0.25) is 0 Å². The number of hydrogen-bond acceptors (Lipinski definition) is 4. The third kappa shape index (κ3) is 3.36. The SMILES string of the molecule is C/C(=C\C(C)O)C(=O)OC1CCNC1=O. The number of esters is 1. The van der Waals surface area contributed by atoms with E-state index in [1.54, 1.807) is 13.8 Å². The summed E-state index contributed by atoms with van der Waals surface area (Å²) in [6, 6.07) is 0. The largest absolute Gasteiger partial charge is 0.449 e. The lowest BCUT2D eigenvalue weighted by Gasteiger charge is -2.09. The van der Waals surface area contributed by atoms with Gasteiger partial charge in [0.05, 0.1) is 6.10 Å². The molecule has 1 heterocycles. The average molecular weight is 213 g/mol. The van der Waals surface area contributed by atoms with Crippen LogP contribution in [0.25, 0.3) is 0 Å². The van der Waals surface area contributed by atoms with E-state index >= 15 is 0 Å². The Labute approximate surface area is 88.1 Å². The van der Waals surface area contributed by atoms with Crippen LogP contribution in [0, 0.1) is 0 Å². The fourth-order valence-electron chi connectivity index (χ4n) is 1.34. The minimum Gasteiger partial charge on any atom is -0.449 e. The van der Waals surface area contributed by atoms with Crippen molar-refractivity contribution >= 4 is 11.9 Å². The van der Waals surface area contributed by atoms with E-state index in [0.717, 1.165) is 0 Å². The van der Waals surface area contributed by atoms with Gasteiger partial charge in [0.15, 0.2) is 6.10 Å². The highest BCUT2D eigenvalue weighted by Crippen LogP contribution is 2.08. The molecular formula is C10H15NO4. The van der Waals surface area contributed by atoms with Crippen molar-refractivity contribution in [1.82, 2.24) is 5.32 Å². The van der Waals surface area contributed by atoms with Crippen molar-refractivity contribution in [3.8, 4) is 0 Å². The second kappa shape index (κ2) is 4.93. The zero-order valence-electron chi connectivity index (χ0n) is 8.82. The quantitative estimate of drug-likeness (QED) is 0.500. The number of aliphatic hydroxyl groups excluding tert-OH is 1. The Morgan fingerprint density at radius 3 is 2.87 bits per heavy atom. The summed E-state index contributed by atoms with van der Waals surface area (Å²) in [5.74, 6) is -0.814. The lowest BCUT2D eigenvalue weighted by molar-refractivity contribution is -0.150. The van der Waals surface area contributed by atoms with Crippen LogP contribution in [0.5, 0.6) is 0 Å². The molecule has 84 valence electrons. The molecule has 5 heteroatoms. The van der Waals surface area contributed by atoms with E-state index in [9.17, 15) is 9.59 Å². The second-order valence-electron chi connectivity index (χ2n) is 3.56. The molecule has 0 aromatic heterocycles. The van der Waals surface area contributed by atoms with Crippen LogP contribution >= 0.6 is 0 Å². The van der Waals surface area contributed by atoms with E-state index in [0.29, 0.717) is 18.5 Å². The summed E-state index contributed by atoms with van der Waals surface area (Å²) < 4.78 is 4.96. The van der Waals surface area contributed by atoms with Crippen molar-refractivity contribution in [2.45, 2.75) is 32.5 Å². The molecule has 2 N–H and O–H groups in total. The number of nitrogens with one attached hydrogen (secondary N) is 1. The standard InChI is InChI=1S/C10H15NO4/c1-6(5-7(2)12)10(14)15-8-3-4-11-9(8)13/h5,7-8,12H,3-4H2,1-2H3,(H,11,13)/b6-5+. The first-order valence-corrected chi connectivity index (χ1v) is 4.86. The van der Waals surface area contributed by atoms with E-state index < -0.39 is 18.2 Å². The normalized spacial score (nSPS) is 23.5. The molecule has 0 saturated carbocycles. The molecule has 15 heavy (non-hydrogen) atoms. The number of hydrogen-bond donors (Lipinski definition) is 2. The monoisotopic (exact) mass is 213 g/mol. The van der Waals surface area contributed by atoms with Crippen molar-refractivity contribution in [3.63, 3.8) is 0 Å². The lowest BCUT2D eigenvalue weighted by atomic mass is 10.2. The molecule has 1 fully saturated rings. The summed E-state index contributed by atoms with van der Waals surface area (Å²) in [6.45, 7) is 3.62. The van der Waals surface area contributed by atoms with E-state index in [1.165, 1.54) is 6.08 Å². The van der Waals surface area contributed by atoms with Crippen LogP contribution in [0.2, 0.25) is 0 Å². The first-order valence-electron chi connectivity index (χ1n) is 4.86. The third-order valence-electron chi connectivity index (χ3n) is 2.06. The Kier molecular flexibility index (Phi) is 3.85. The minimum absolute atomic E-state index is 0.256. The number of ether oxygens (including phenoxy) is 1. The van der Waals surface area contributed by atoms with Crippen molar-refractivity contribution in [1.29, 1.82) is 0 Å². The van der Waals surface area contributed by atoms with Gasteiger partial charge in [-0.2, -0.15) is 0 Å². The molecule has 0 aromatic rings. The van der Waals surface area contributed by atoms with Gasteiger partial charge in [-0.1, -0.05) is 0 Å². The fourth-order valence-corrected chi connectivity index (χ4v) is 1.34. The maximum absolute atomic E-state index is 11.4. The summed E-state index contributed by atoms with van der Waals surface area (Å²) in [7, 11) is 0. The highest BCUT2D eigenvalue weighted by Gasteiger charge is 2.28. The van der Waals surface area contributed by atoms with Gasteiger partial charge in [-0.15, -0.1) is 0 Å². The van der Waals surface area contributed by atoms with E-state index in [1.807, 2.05) is 0 Å². The van der Waals surface area contributed by atoms with E-state index in [4.69, 9.17) is 9.84 Å². The second-order valence-corrected chi connectivity index (χ2v) is 3.56. The maximum Gasteiger partial charge on any atom is 0.334 e. The molecule has 0 radical (unpaired) electrons. The van der Waals surface area contributed by atoms with Crippen LogP contribution in [0.4, 0.5) is 0 Å². The first-order chi connectivity index (χ1) is 7.00. The van der Waals surface area contributed by atoms with Gasteiger partial charge in [0, 0.05) is 18.5 Å². The van der Waals surface area contributed by atoms with Crippen LogP contribution in [0.15, 0.2) is 11.6 Å². The van der Waals surface area contributed by atoms with E-state index in [2.05, 4.69) is 5.32 Å². The number of carbonyl (C=O) groups excluding carboxylic acids is 2. The topological polar surface area (TPSA) is 75.6 Å². The molecular weight excluding hydrogens is 198 g/mol. The summed E-state index contributed by atoms with van der Waals surface area (Å²) >= 11 is 0. The predicted molar refractivity (Wildman–Crippen MR) is 52.9 cm³/mol. The van der Waals surface area contributed by atoms with Crippen LogP contribution < -0.4 is 5.32 Å². The Morgan fingerprint density at radius 2 is 2.40 bits per heavy atom.